The van der Waals surface area contributed by atoms with E-state index in [0.717, 1.165) is 34.1 Å². The SMILES string of the molecule is CC(c1ccccc1)N(C)C(=O)COC(=O)c1c(-n2cccc2)sc2c1CCSC2. The van der Waals surface area contributed by atoms with Crippen LogP contribution in [0.1, 0.15) is 39.3 Å². The number of fused-ring (bicyclic) bond motifs is 1. The third kappa shape index (κ3) is 4.18. The second-order valence-electron chi connectivity index (χ2n) is 7.24. The van der Waals surface area contributed by atoms with E-state index in [2.05, 4.69) is 0 Å². The number of carbonyl (C=O) groups excluding carboxylic acids is 2. The summed E-state index contributed by atoms with van der Waals surface area (Å²) >= 11 is 3.52. The Hall–Kier alpha value is -2.51. The van der Waals surface area contributed by atoms with Gasteiger partial charge in [-0.2, -0.15) is 11.8 Å². The van der Waals surface area contributed by atoms with E-state index in [9.17, 15) is 9.59 Å². The smallest absolute Gasteiger partial charge is 0.341 e. The number of esters is 1. The molecule has 0 N–H and O–H groups in total. The highest BCUT2D eigenvalue weighted by atomic mass is 32.2. The van der Waals surface area contributed by atoms with Crippen LogP contribution in [0.15, 0.2) is 54.9 Å². The van der Waals surface area contributed by atoms with Crippen LogP contribution in [0, 0.1) is 0 Å². The van der Waals surface area contributed by atoms with E-state index in [1.54, 1.807) is 23.3 Å². The van der Waals surface area contributed by atoms with Gasteiger partial charge in [0.1, 0.15) is 5.00 Å². The van der Waals surface area contributed by atoms with Crippen molar-refractivity contribution in [1.82, 2.24) is 9.47 Å². The van der Waals surface area contributed by atoms with Crippen LogP contribution in [0.25, 0.3) is 5.00 Å². The number of amides is 1. The van der Waals surface area contributed by atoms with Crippen LogP contribution in [0.4, 0.5) is 0 Å². The molecule has 7 heteroatoms. The van der Waals surface area contributed by atoms with E-state index in [1.807, 2.05) is 78.1 Å². The topological polar surface area (TPSA) is 51.5 Å². The third-order valence-electron chi connectivity index (χ3n) is 5.43. The maximum absolute atomic E-state index is 13.1. The second-order valence-corrected chi connectivity index (χ2v) is 9.43. The minimum Gasteiger partial charge on any atom is -0.452 e. The van der Waals surface area contributed by atoms with Gasteiger partial charge in [0.15, 0.2) is 6.61 Å². The summed E-state index contributed by atoms with van der Waals surface area (Å²) in [6.07, 6.45) is 4.71. The molecule has 1 aromatic carbocycles. The summed E-state index contributed by atoms with van der Waals surface area (Å²) in [5, 5.41) is 0.871. The van der Waals surface area contributed by atoms with Gasteiger partial charge >= 0.3 is 5.97 Å². The van der Waals surface area contributed by atoms with Gasteiger partial charge in [-0.05, 0) is 42.4 Å². The molecule has 0 saturated heterocycles. The Bertz CT molecular complexity index is 1030. The van der Waals surface area contributed by atoms with Crippen LogP contribution in [-0.4, -0.2) is 40.8 Å². The Morgan fingerprint density at radius 2 is 1.90 bits per heavy atom. The molecule has 1 atom stereocenters. The van der Waals surface area contributed by atoms with Crippen LogP contribution in [0.2, 0.25) is 0 Å². The van der Waals surface area contributed by atoms with Crippen molar-refractivity contribution in [2.24, 2.45) is 0 Å². The average molecular weight is 441 g/mol. The zero-order chi connectivity index (χ0) is 21.1. The number of nitrogens with zero attached hydrogens (tertiary/aromatic N) is 2. The average Bonchev–Trinajstić information content (AvgIpc) is 3.44. The fraction of sp³-hybridized carbons (Fsp3) is 0.304. The number of aromatic nitrogens is 1. The molecule has 0 bridgehead atoms. The predicted octanol–water partition coefficient (Wildman–Crippen LogP) is 4.70. The highest BCUT2D eigenvalue weighted by molar-refractivity contribution is 7.98. The van der Waals surface area contributed by atoms with Crippen LogP contribution < -0.4 is 0 Å². The van der Waals surface area contributed by atoms with E-state index in [-0.39, 0.29) is 18.6 Å². The number of hydrogen-bond acceptors (Lipinski definition) is 5. The first kappa shape index (κ1) is 20.8. The molecule has 0 aliphatic carbocycles. The van der Waals surface area contributed by atoms with E-state index in [1.165, 1.54) is 4.88 Å². The summed E-state index contributed by atoms with van der Waals surface area (Å²) in [7, 11) is 1.74. The van der Waals surface area contributed by atoms with Gasteiger partial charge < -0.3 is 14.2 Å². The van der Waals surface area contributed by atoms with Crippen molar-refractivity contribution in [3.63, 3.8) is 0 Å². The number of hydrogen-bond donors (Lipinski definition) is 0. The highest BCUT2D eigenvalue weighted by Gasteiger charge is 2.28. The molecule has 0 saturated carbocycles. The fourth-order valence-corrected chi connectivity index (χ4v) is 5.99. The molecule has 0 spiro atoms. The molecule has 0 fully saturated rings. The molecule has 30 heavy (non-hydrogen) atoms. The maximum Gasteiger partial charge on any atom is 0.341 e. The lowest BCUT2D eigenvalue weighted by molar-refractivity contribution is -0.135. The second kappa shape index (κ2) is 9.10. The summed E-state index contributed by atoms with van der Waals surface area (Å²) < 4.78 is 7.47. The van der Waals surface area contributed by atoms with Crippen LogP contribution in [-0.2, 0) is 21.7 Å². The van der Waals surface area contributed by atoms with Crippen molar-refractivity contribution in [2.75, 3.05) is 19.4 Å². The van der Waals surface area contributed by atoms with Crippen molar-refractivity contribution < 1.29 is 14.3 Å². The van der Waals surface area contributed by atoms with Crippen molar-refractivity contribution in [3.05, 3.63) is 76.4 Å². The zero-order valence-electron chi connectivity index (χ0n) is 17.0. The van der Waals surface area contributed by atoms with Gasteiger partial charge in [-0.3, -0.25) is 4.79 Å². The minimum absolute atomic E-state index is 0.0984. The Labute approximate surface area is 184 Å². The first-order valence-electron chi connectivity index (χ1n) is 9.89. The van der Waals surface area contributed by atoms with Gasteiger partial charge in [0.2, 0.25) is 0 Å². The van der Waals surface area contributed by atoms with Crippen LogP contribution in [0.3, 0.4) is 0 Å². The molecule has 1 amide bonds. The van der Waals surface area contributed by atoms with E-state index >= 15 is 0 Å². The Morgan fingerprint density at radius 3 is 2.63 bits per heavy atom. The van der Waals surface area contributed by atoms with Gasteiger partial charge in [0.25, 0.3) is 5.91 Å². The number of carbonyl (C=O) groups is 2. The lowest BCUT2D eigenvalue weighted by Gasteiger charge is -2.25. The molecule has 3 aromatic rings. The standard InChI is InChI=1S/C23H24N2O3S2/c1-16(17-8-4-3-5-9-17)24(2)20(26)14-28-23(27)21-18-10-13-29-15-19(18)30-22(21)25-11-6-7-12-25/h3-9,11-12,16H,10,13-15H2,1-2H3. The van der Waals surface area contributed by atoms with Gasteiger partial charge in [-0.1, -0.05) is 30.3 Å². The molecule has 5 nitrogen and oxygen atoms in total. The molecule has 3 heterocycles. The molecule has 1 unspecified atom stereocenters. The summed E-state index contributed by atoms with van der Waals surface area (Å²) in [5.41, 5.74) is 2.72. The third-order valence-corrected chi connectivity index (χ3v) is 7.84. The number of benzene rings is 1. The molecule has 1 aliphatic rings. The number of ether oxygens (including phenoxy) is 1. The molecular formula is C23H24N2O3S2. The fourth-order valence-electron chi connectivity index (χ4n) is 3.55. The molecule has 156 valence electrons. The summed E-state index contributed by atoms with van der Waals surface area (Å²) in [4.78, 5) is 28.6. The molecular weight excluding hydrogens is 416 g/mol. The first-order chi connectivity index (χ1) is 14.6. The molecule has 0 radical (unpaired) electrons. The number of thiophene rings is 1. The summed E-state index contributed by atoms with van der Waals surface area (Å²) in [6.45, 7) is 1.70. The molecule has 1 aliphatic heterocycles. The summed E-state index contributed by atoms with van der Waals surface area (Å²) in [5.74, 6) is 1.27. The summed E-state index contributed by atoms with van der Waals surface area (Å²) in [6, 6.07) is 13.6. The van der Waals surface area contributed by atoms with Gasteiger partial charge in [0.05, 0.1) is 11.6 Å². The number of thioether (sulfide) groups is 1. The first-order valence-corrected chi connectivity index (χ1v) is 11.9. The molecule has 2 aromatic heterocycles. The number of rotatable bonds is 6. The Kier molecular flexibility index (Phi) is 6.29. The van der Waals surface area contributed by atoms with Crippen LogP contribution in [0.5, 0.6) is 0 Å². The maximum atomic E-state index is 13.1. The van der Waals surface area contributed by atoms with Crippen LogP contribution >= 0.6 is 23.1 Å². The predicted molar refractivity (Wildman–Crippen MR) is 121 cm³/mol. The van der Waals surface area contributed by atoms with E-state index in [4.69, 9.17) is 4.74 Å². The lowest BCUT2D eigenvalue weighted by atomic mass is 10.1. The van der Waals surface area contributed by atoms with Crippen molar-refractivity contribution in [3.8, 4) is 5.00 Å². The highest BCUT2D eigenvalue weighted by Crippen LogP contribution is 2.38. The normalized spacial score (nSPS) is 14.1. The monoisotopic (exact) mass is 440 g/mol. The van der Waals surface area contributed by atoms with Crippen molar-refractivity contribution in [1.29, 1.82) is 0 Å². The molecule has 4 rings (SSSR count). The van der Waals surface area contributed by atoms with Crippen molar-refractivity contribution in [2.45, 2.75) is 25.1 Å². The minimum atomic E-state index is -0.419. The number of likely N-dealkylation sites (N-methyl/N-ethyl adjacent to an activating group) is 1. The largest absolute Gasteiger partial charge is 0.452 e. The Balaban J connectivity index is 1.49. The van der Waals surface area contributed by atoms with Crippen molar-refractivity contribution >= 4 is 35.0 Å². The van der Waals surface area contributed by atoms with Gasteiger partial charge in [0, 0.05) is 30.1 Å². The van der Waals surface area contributed by atoms with Gasteiger partial charge in [-0.25, -0.2) is 4.79 Å². The van der Waals surface area contributed by atoms with Gasteiger partial charge in [-0.15, -0.1) is 11.3 Å². The van der Waals surface area contributed by atoms with E-state index in [0.29, 0.717) is 5.56 Å². The lowest BCUT2D eigenvalue weighted by Crippen LogP contribution is -2.33. The quantitative estimate of drug-likeness (QED) is 0.521. The van der Waals surface area contributed by atoms with E-state index < -0.39 is 5.97 Å². The Morgan fingerprint density at radius 1 is 1.17 bits per heavy atom. The zero-order valence-corrected chi connectivity index (χ0v) is 18.7.